The third-order valence-electron chi connectivity index (χ3n) is 3.58. The molecule has 4 rings (SSSR count). The molecule has 4 nitrogen and oxygen atoms in total. The van der Waals surface area contributed by atoms with Crippen LogP contribution in [-0.4, -0.2) is 10.9 Å². The Kier molecular flexibility index (Phi) is 3.35. The van der Waals surface area contributed by atoms with E-state index in [1.807, 2.05) is 48.5 Å². The molecule has 2 aromatic carbocycles. The minimum atomic E-state index is -0.296. The molecule has 2 heterocycles. The molecule has 0 unspecified atom stereocenters. The molecule has 0 saturated carbocycles. The quantitative estimate of drug-likeness (QED) is 0.543. The number of nitrogens with zero attached hydrogens (tertiary/aromatic N) is 1. The number of aromatic nitrogens is 1. The first-order valence-corrected chi connectivity index (χ1v) is 7.84. The van der Waals surface area contributed by atoms with Crippen LogP contribution in [0.1, 0.15) is 10.6 Å². The second kappa shape index (κ2) is 5.52. The Morgan fingerprint density at radius 2 is 1.91 bits per heavy atom. The first-order chi connectivity index (χ1) is 11.2. The molecule has 0 radical (unpaired) electrons. The number of nitrogens with one attached hydrogen (secondary N) is 1. The van der Waals surface area contributed by atoms with Gasteiger partial charge in [-0.2, -0.15) is 0 Å². The number of carbonyl (C=O) groups is 1. The van der Waals surface area contributed by atoms with Crippen LogP contribution in [0.25, 0.3) is 21.9 Å². The third-order valence-corrected chi connectivity index (χ3v) is 4.08. The van der Waals surface area contributed by atoms with E-state index in [1.165, 1.54) is 0 Å². The number of anilines is 1. The predicted octanol–water partition coefficient (Wildman–Crippen LogP) is 5.00. The number of carbonyl (C=O) groups excluding carboxylic acids is 1. The van der Waals surface area contributed by atoms with Crippen molar-refractivity contribution in [2.75, 3.05) is 5.32 Å². The van der Waals surface area contributed by atoms with E-state index in [9.17, 15) is 4.79 Å². The number of hydrogen-bond acceptors (Lipinski definition) is 3. The van der Waals surface area contributed by atoms with Gasteiger partial charge in [0, 0.05) is 21.4 Å². The molecule has 0 aliphatic heterocycles. The Balaban J connectivity index is 1.70. The van der Waals surface area contributed by atoms with Crippen molar-refractivity contribution in [3.63, 3.8) is 0 Å². The Morgan fingerprint density at radius 1 is 1.04 bits per heavy atom. The number of benzene rings is 2. The fourth-order valence-electron chi connectivity index (χ4n) is 2.52. The molecule has 112 valence electrons. The number of pyridine rings is 1. The summed E-state index contributed by atoms with van der Waals surface area (Å²) in [4.78, 5) is 16.8. The van der Waals surface area contributed by atoms with Gasteiger partial charge >= 0.3 is 0 Å². The topological polar surface area (TPSA) is 55.1 Å². The van der Waals surface area contributed by atoms with Crippen molar-refractivity contribution in [2.24, 2.45) is 0 Å². The van der Waals surface area contributed by atoms with Gasteiger partial charge in [0.15, 0.2) is 5.76 Å². The van der Waals surface area contributed by atoms with Gasteiger partial charge in [-0.25, -0.2) is 0 Å². The largest absolute Gasteiger partial charge is 0.451 e. The maximum Gasteiger partial charge on any atom is 0.291 e. The lowest BCUT2D eigenvalue weighted by Crippen LogP contribution is -2.11. The molecule has 0 fully saturated rings. The summed E-state index contributed by atoms with van der Waals surface area (Å²) < 4.78 is 6.56. The zero-order valence-corrected chi connectivity index (χ0v) is 13.5. The summed E-state index contributed by atoms with van der Waals surface area (Å²) in [6.07, 6.45) is 1.71. The molecule has 0 bridgehead atoms. The van der Waals surface area contributed by atoms with Crippen molar-refractivity contribution in [1.29, 1.82) is 0 Å². The Bertz CT molecular complexity index is 1030. The number of rotatable bonds is 2. The number of para-hydroxylation sites is 1. The Hall–Kier alpha value is -2.66. The molecular weight excluding hydrogens is 356 g/mol. The van der Waals surface area contributed by atoms with E-state index < -0.39 is 0 Å². The first-order valence-electron chi connectivity index (χ1n) is 7.05. The van der Waals surface area contributed by atoms with E-state index in [0.717, 1.165) is 20.8 Å². The van der Waals surface area contributed by atoms with Crippen molar-refractivity contribution in [3.05, 3.63) is 71.0 Å². The van der Waals surface area contributed by atoms with E-state index in [4.69, 9.17) is 4.42 Å². The molecular formula is C18H11BrN2O2. The summed E-state index contributed by atoms with van der Waals surface area (Å²) in [5.74, 6) is -0.0264. The highest BCUT2D eigenvalue weighted by Crippen LogP contribution is 2.25. The molecule has 23 heavy (non-hydrogen) atoms. The number of fused-ring (bicyclic) bond motifs is 2. The SMILES string of the molecule is O=C(Nc1cccc2cccnc12)c1cc2cc(Br)ccc2o1. The lowest BCUT2D eigenvalue weighted by atomic mass is 10.2. The van der Waals surface area contributed by atoms with Crippen LogP contribution >= 0.6 is 15.9 Å². The lowest BCUT2D eigenvalue weighted by molar-refractivity contribution is 0.0999. The molecule has 0 aliphatic rings. The highest BCUT2D eigenvalue weighted by Gasteiger charge is 2.14. The molecule has 0 spiro atoms. The van der Waals surface area contributed by atoms with E-state index in [0.29, 0.717) is 11.3 Å². The number of hydrogen-bond donors (Lipinski definition) is 1. The van der Waals surface area contributed by atoms with Crippen LogP contribution in [0.4, 0.5) is 5.69 Å². The van der Waals surface area contributed by atoms with Gasteiger partial charge in [-0.1, -0.05) is 34.1 Å². The highest BCUT2D eigenvalue weighted by molar-refractivity contribution is 9.10. The molecule has 0 aliphatic carbocycles. The number of halogens is 1. The minimum Gasteiger partial charge on any atom is -0.451 e. The monoisotopic (exact) mass is 366 g/mol. The smallest absolute Gasteiger partial charge is 0.291 e. The van der Waals surface area contributed by atoms with Crippen molar-refractivity contribution in [2.45, 2.75) is 0 Å². The maximum absolute atomic E-state index is 12.5. The minimum absolute atomic E-state index is 0.269. The van der Waals surface area contributed by atoms with Crippen LogP contribution in [0, 0.1) is 0 Å². The highest BCUT2D eigenvalue weighted by atomic mass is 79.9. The van der Waals surface area contributed by atoms with Crippen molar-refractivity contribution in [1.82, 2.24) is 4.98 Å². The lowest BCUT2D eigenvalue weighted by Gasteiger charge is -2.06. The summed E-state index contributed by atoms with van der Waals surface area (Å²) in [6.45, 7) is 0. The van der Waals surface area contributed by atoms with Gasteiger partial charge in [-0.15, -0.1) is 0 Å². The Morgan fingerprint density at radius 3 is 2.83 bits per heavy atom. The van der Waals surface area contributed by atoms with Gasteiger partial charge in [0.05, 0.1) is 11.2 Å². The van der Waals surface area contributed by atoms with Crippen molar-refractivity contribution in [3.8, 4) is 0 Å². The standard InChI is InChI=1S/C18H11BrN2O2/c19-13-6-7-15-12(9-13)10-16(23-15)18(22)21-14-5-1-3-11-4-2-8-20-17(11)14/h1-10H,(H,21,22). The second-order valence-electron chi connectivity index (χ2n) is 5.13. The van der Waals surface area contributed by atoms with E-state index in [-0.39, 0.29) is 11.7 Å². The molecule has 0 saturated heterocycles. The van der Waals surface area contributed by atoms with Crippen LogP contribution in [0.15, 0.2) is 69.7 Å². The summed E-state index contributed by atoms with van der Waals surface area (Å²) in [5.41, 5.74) is 2.09. The Labute approximate surface area is 140 Å². The summed E-state index contributed by atoms with van der Waals surface area (Å²) >= 11 is 3.41. The van der Waals surface area contributed by atoms with Crippen LogP contribution in [0.2, 0.25) is 0 Å². The number of furan rings is 1. The van der Waals surface area contributed by atoms with E-state index in [2.05, 4.69) is 26.2 Å². The summed E-state index contributed by atoms with van der Waals surface area (Å²) in [6, 6.07) is 16.8. The molecule has 0 atom stereocenters. The number of amides is 1. The van der Waals surface area contributed by atoms with E-state index in [1.54, 1.807) is 12.3 Å². The fraction of sp³-hybridized carbons (Fsp3) is 0. The van der Waals surface area contributed by atoms with Crippen LogP contribution in [0.3, 0.4) is 0 Å². The van der Waals surface area contributed by atoms with Crippen molar-refractivity contribution >= 4 is 49.4 Å². The molecule has 4 aromatic rings. The van der Waals surface area contributed by atoms with Gasteiger partial charge in [0.25, 0.3) is 5.91 Å². The van der Waals surface area contributed by atoms with Gasteiger partial charge in [0.2, 0.25) is 0 Å². The summed E-state index contributed by atoms with van der Waals surface area (Å²) in [5, 5.41) is 4.72. The van der Waals surface area contributed by atoms with E-state index >= 15 is 0 Å². The van der Waals surface area contributed by atoms with Crippen LogP contribution < -0.4 is 5.32 Å². The summed E-state index contributed by atoms with van der Waals surface area (Å²) in [7, 11) is 0. The molecule has 1 amide bonds. The first kappa shape index (κ1) is 14.0. The third kappa shape index (κ3) is 2.59. The van der Waals surface area contributed by atoms with Gasteiger partial charge < -0.3 is 9.73 Å². The van der Waals surface area contributed by atoms with Gasteiger partial charge in [-0.3, -0.25) is 9.78 Å². The average molecular weight is 367 g/mol. The average Bonchev–Trinajstić information content (AvgIpc) is 2.98. The molecule has 5 heteroatoms. The van der Waals surface area contributed by atoms with Gasteiger partial charge in [0.1, 0.15) is 5.58 Å². The zero-order valence-electron chi connectivity index (χ0n) is 11.9. The van der Waals surface area contributed by atoms with Crippen LogP contribution in [0.5, 0.6) is 0 Å². The maximum atomic E-state index is 12.5. The predicted molar refractivity (Wildman–Crippen MR) is 93.6 cm³/mol. The van der Waals surface area contributed by atoms with Crippen LogP contribution in [-0.2, 0) is 0 Å². The normalized spacial score (nSPS) is 11.0. The molecule has 1 N–H and O–H groups in total. The zero-order chi connectivity index (χ0) is 15.8. The fourth-order valence-corrected chi connectivity index (χ4v) is 2.89. The van der Waals surface area contributed by atoms with Crippen molar-refractivity contribution < 1.29 is 9.21 Å². The second-order valence-corrected chi connectivity index (χ2v) is 6.04. The van der Waals surface area contributed by atoms with Gasteiger partial charge in [-0.05, 0) is 36.4 Å². The molecule has 2 aromatic heterocycles.